The highest BCUT2D eigenvalue weighted by atomic mass is 32.2. The average Bonchev–Trinajstić information content (AvgIpc) is 2.39. The highest BCUT2D eigenvalue weighted by Gasteiger charge is 2.09. The van der Waals surface area contributed by atoms with Crippen LogP contribution in [0.3, 0.4) is 0 Å². The molecule has 1 N–H and O–H groups in total. The van der Waals surface area contributed by atoms with Crippen LogP contribution >= 0.6 is 20.0 Å². The van der Waals surface area contributed by atoms with E-state index in [1.807, 2.05) is 11.8 Å². The first-order valence-corrected chi connectivity index (χ1v) is 9.92. The zero-order chi connectivity index (χ0) is 14.2. The molecular formula is C14H30O3PS+. The van der Waals surface area contributed by atoms with Gasteiger partial charge in [-0.15, -0.1) is 9.42 Å². The van der Waals surface area contributed by atoms with Gasteiger partial charge in [-0.1, -0.05) is 64.7 Å². The second-order valence-electron chi connectivity index (χ2n) is 4.87. The van der Waals surface area contributed by atoms with Crippen LogP contribution in [0.2, 0.25) is 0 Å². The molecule has 0 aromatic heterocycles. The van der Waals surface area contributed by atoms with Crippen molar-refractivity contribution in [3.8, 4) is 0 Å². The van der Waals surface area contributed by atoms with Gasteiger partial charge in [-0.3, -0.25) is 0 Å². The molecular weight excluding hydrogens is 279 g/mol. The van der Waals surface area contributed by atoms with E-state index >= 15 is 0 Å². The molecule has 0 aliphatic carbocycles. The van der Waals surface area contributed by atoms with Gasteiger partial charge in [0.2, 0.25) is 0 Å². The van der Waals surface area contributed by atoms with Gasteiger partial charge in [0.25, 0.3) is 0 Å². The van der Waals surface area contributed by atoms with Crippen molar-refractivity contribution in [1.29, 1.82) is 0 Å². The van der Waals surface area contributed by atoms with Crippen molar-refractivity contribution in [3.63, 3.8) is 0 Å². The van der Waals surface area contributed by atoms with E-state index in [1.165, 1.54) is 64.2 Å². The second-order valence-corrected chi connectivity index (χ2v) is 6.82. The van der Waals surface area contributed by atoms with Crippen LogP contribution in [-0.2, 0) is 9.09 Å². The highest BCUT2D eigenvalue weighted by Crippen LogP contribution is 2.16. The van der Waals surface area contributed by atoms with Crippen LogP contribution in [-0.4, -0.2) is 23.0 Å². The molecule has 3 nitrogen and oxygen atoms in total. The summed E-state index contributed by atoms with van der Waals surface area (Å²) in [7, 11) is -2.40. The third-order valence-electron chi connectivity index (χ3n) is 3.07. The Labute approximate surface area is 123 Å². The molecule has 0 aliphatic heterocycles. The first-order chi connectivity index (χ1) is 9.27. The van der Waals surface area contributed by atoms with Gasteiger partial charge in [0.15, 0.2) is 0 Å². The van der Waals surface area contributed by atoms with Crippen molar-refractivity contribution in [3.05, 3.63) is 0 Å². The average molecular weight is 309 g/mol. The van der Waals surface area contributed by atoms with E-state index in [1.54, 1.807) is 0 Å². The van der Waals surface area contributed by atoms with Crippen molar-refractivity contribution >= 4 is 20.0 Å². The van der Waals surface area contributed by atoms with Crippen molar-refractivity contribution in [2.75, 3.05) is 18.1 Å². The Morgan fingerprint density at radius 2 is 1.42 bits per heavy atom. The van der Waals surface area contributed by atoms with Gasteiger partial charge in [-0.05, 0) is 12.2 Å². The smallest absolute Gasteiger partial charge is 0.159 e. The maximum Gasteiger partial charge on any atom is 0.694 e. The van der Waals surface area contributed by atoms with Crippen LogP contribution in [0.1, 0.15) is 71.1 Å². The molecule has 0 radical (unpaired) electrons. The minimum atomic E-state index is -2.40. The van der Waals surface area contributed by atoms with Crippen molar-refractivity contribution in [2.45, 2.75) is 71.1 Å². The Morgan fingerprint density at radius 3 is 1.95 bits per heavy atom. The Kier molecular flexibility index (Phi) is 16.7. The maximum absolute atomic E-state index is 10.2. The largest absolute Gasteiger partial charge is 0.694 e. The number of hydrogen-bond donors (Lipinski definition) is 1. The van der Waals surface area contributed by atoms with Crippen LogP contribution in [0.5, 0.6) is 0 Å². The number of unbranched alkanes of at least 4 members (excludes halogenated alkanes) is 9. The maximum atomic E-state index is 10.2. The Hall–Kier alpha value is 0.370. The molecule has 19 heavy (non-hydrogen) atoms. The van der Waals surface area contributed by atoms with Crippen LogP contribution in [0.15, 0.2) is 0 Å². The Bertz CT molecular complexity index is 203. The summed E-state index contributed by atoms with van der Waals surface area (Å²) >= 11 is 1.81. The molecule has 0 saturated carbocycles. The zero-order valence-corrected chi connectivity index (χ0v) is 14.0. The topological polar surface area (TPSA) is 46.5 Å². The molecule has 0 amide bonds. The Balaban J connectivity index is 2.93. The van der Waals surface area contributed by atoms with Crippen LogP contribution in [0, 0.1) is 0 Å². The van der Waals surface area contributed by atoms with Crippen molar-refractivity contribution in [2.24, 2.45) is 0 Å². The van der Waals surface area contributed by atoms with E-state index < -0.39 is 8.25 Å². The lowest BCUT2D eigenvalue weighted by molar-refractivity contribution is 0.300. The monoisotopic (exact) mass is 309 g/mol. The third-order valence-corrected chi connectivity index (χ3v) is 4.51. The van der Waals surface area contributed by atoms with E-state index in [4.69, 9.17) is 4.89 Å². The molecule has 0 saturated heterocycles. The summed E-state index contributed by atoms with van der Waals surface area (Å²) < 4.78 is 14.8. The SMILES string of the molecule is CCCCCCCCCCCCSCCO[P+](=O)O. The number of thioether (sulfide) groups is 1. The van der Waals surface area contributed by atoms with E-state index in [2.05, 4.69) is 11.4 Å². The first-order valence-electron chi connectivity index (χ1n) is 7.64. The fourth-order valence-corrected chi connectivity index (χ4v) is 3.15. The molecule has 0 heterocycles. The second kappa shape index (κ2) is 16.4. The minimum Gasteiger partial charge on any atom is -0.159 e. The zero-order valence-electron chi connectivity index (χ0n) is 12.3. The molecule has 1 unspecified atom stereocenters. The summed E-state index contributed by atoms with van der Waals surface area (Å²) in [6.07, 6.45) is 13.7. The van der Waals surface area contributed by atoms with Crippen LogP contribution < -0.4 is 0 Å². The van der Waals surface area contributed by atoms with Gasteiger partial charge < -0.3 is 0 Å². The highest BCUT2D eigenvalue weighted by molar-refractivity contribution is 7.99. The van der Waals surface area contributed by atoms with E-state index in [0.717, 1.165) is 11.5 Å². The van der Waals surface area contributed by atoms with Gasteiger partial charge in [-0.2, -0.15) is 11.8 Å². The van der Waals surface area contributed by atoms with Gasteiger partial charge in [-0.25, -0.2) is 0 Å². The molecule has 0 aromatic carbocycles. The lowest BCUT2D eigenvalue weighted by Crippen LogP contribution is -1.92. The van der Waals surface area contributed by atoms with Crippen molar-refractivity contribution < 1.29 is 14.0 Å². The lowest BCUT2D eigenvalue weighted by Gasteiger charge is -2.02. The fourth-order valence-electron chi connectivity index (χ4n) is 1.97. The molecule has 5 heteroatoms. The minimum absolute atomic E-state index is 0.383. The summed E-state index contributed by atoms with van der Waals surface area (Å²) in [5.41, 5.74) is 0. The van der Waals surface area contributed by atoms with Gasteiger partial charge >= 0.3 is 8.25 Å². The third kappa shape index (κ3) is 18.4. The Morgan fingerprint density at radius 1 is 0.895 bits per heavy atom. The molecule has 0 rings (SSSR count). The van der Waals surface area contributed by atoms with Gasteiger partial charge in [0, 0.05) is 10.3 Å². The predicted molar refractivity (Wildman–Crippen MR) is 84.9 cm³/mol. The molecule has 0 aromatic rings. The van der Waals surface area contributed by atoms with Crippen LogP contribution in [0.4, 0.5) is 0 Å². The molecule has 0 aliphatic rings. The first kappa shape index (κ1) is 19.4. The summed E-state index contributed by atoms with van der Waals surface area (Å²) in [4.78, 5) is 8.42. The van der Waals surface area contributed by atoms with Gasteiger partial charge in [0.05, 0.1) is 0 Å². The van der Waals surface area contributed by atoms with Gasteiger partial charge in [0.1, 0.15) is 6.61 Å². The number of rotatable bonds is 15. The van der Waals surface area contributed by atoms with E-state index in [-0.39, 0.29) is 0 Å². The van der Waals surface area contributed by atoms with Crippen molar-refractivity contribution in [1.82, 2.24) is 0 Å². The molecule has 0 spiro atoms. The molecule has 1 atom stereocenters. The summed E-state index contributed by atoms with van der Waals surface area (Å²) in [5.74, 6) is 1.96. The predicted octanol–water partition coefficient (Wildman–Crippen LogP) is 5.31. The standard InChI is InChI=1S/C14H29O3PS/c1-2-3-4-5-6-7-8-9-10-11-13-19-14-12-17-18(15)16/h2-14H2,1H3/p+1. The normalized spacial score (nSPS) is 11.8. The summed E-state index contributed by atoms with van der Waals surface area (Å²) in [5, 5.41) is 0. The van der Waals surface area contributed by atoms with Crippen LogP contribution in [0.25, 0.3) is 0 Å². The fraction of sp³-hybridized carbons (Fsp3) is 1.00. The molecule has 0 fully saturated rings. The molecule has 114 valence electrons. The van der Waals surface area contributed by atoms with E-state index in [0.29, 0.717) is 6.61 Å². The summed E-state index contributed by atoms with van der Waals surface area (Å²) in [6, 6.07) is 0. The lowest BCUT2D eigenvalue weighted by atomic mass is 10.1. The quantitative estimate of drug-likeness (QED) is 0.329. The summed E-state index contributed by atoms with van der Waals surface area (Å²) in [6.45, 7) is 2.64. The molecule has 0 bridgehead atoms. The van der Waals surface area contributed by atoms with E-state index in [9.17, 15) is 4.57 Å². The number of hydrogen-bond acceptors (Lipinski definition) is 3.